The number of rotatable bonds is 10. The summed E-state index contributed by atoms with van der Waals surface area (Å²) < 4.78 is 8.76. The van der Waals surface area contributed by atoms with Gasteiger partial charge in [0.1, 0.15) is 11.2 Å². The summed E-state index contributed by atoms with van der Waals surface area (Å²) in [6, 6.07) is 130. The van der Waals surface area contributed by atoms with Crippen LogP contribution in [0, 0.1) is 0 Å². The highest BCUT2D eigenvalue weighted by Gasteiger charge is 2.49. The number of hydrogen-bond acceptors (Lipinski definition) is 11. The molecule has 11 heteroatoms. The van der Waals surface area contributed by atoms with Crippen molar-refractivity contribution in [2.75, 3.05) is 0 Å². The van der Waals surface area contributed by atoms with Crippen LogP contribution in [-0.4, -0.2) is 44.9 Å². The molecule has 0 saturated carbocycles. The summed E-state index contributed by atoms with van der Waals surface area (Å²) in [6.07, 6.45) is 0. The van der Waals surface area contributed by atoms with E-state index in [0.717, 1.165) is 77.4 Å². The lowest BCUT2D eigenvalue weighted by molar-refractivity contribution is 0.299. The monoisotopic (exact) mass is 1720 g/mol. The van der Waals surface area contributed by atoms with Crippen LogP contribution in [0.3, 0.4) is 0 Å². The van der Waals surface area contributed by atoms with Crippen LogP contribution in [0.5, 0.6) is 0 Å². The van der Waals surface area contributed by atoms with Gasteiger partial charge in [-0.25, -0.2) is 44.9 Å². The fourth-order valence-corrected chi connectivity index (χ4v) is 21.3. The van der Waals surface area contributed by atoms with E-state index in [-0.39, 0.29) is 32.5 Å². The molecule has 132 heavy (non-hydrogen) atoms. The SMILES string of the molecule is CC1(C)c2ccccc2-c2ccc(-c3cccc4c(-c5nc(-c6ccccc6)nc(-c6ccccc6)n5)cccc34)cc2C1(C)C.CC1(C)c2ccccc2-c2ccc(-c3nc(-c4ccccc4)nc(-c4ccc5c(c4)oc4ccccc45)n3)cc2C1(C)C.CC1(C)c2ccccc2-c2ccc(-c3nc(-c4ccccc4)nc(-c4ccc5sc6ccccc6c5c4)n3)cc2C1(C)C. The predicted molar refractivity (Wildman–Crippen MR) is 546 cm³/mol. The van der Waals surface area contributed by atoms with E-state index in [0.29, 0.717) is 52.4 Å². The summed E-state index contributed by atoms with van der Waals surface area (Å²) in [7, 11) is 0. The molecule has 16 aromatic carbocycles. The number of fused-ring (bicyclic) bond motifs is 16. The minimum atomic E-state index is -0.114. The maximum Gasteiger partial charge on any atom is 0.164 e. The molecular formula is C121H97N9OS. The van der Waals surface area contributed by atoms with Crippen LogP contribution in [0.4, 0.5) is 0 Å². The second-order valence-corrected chi connectivity index (χ2v) is 39.5. The van der Waals surface area contributed by atoms with Crippen molar-refractivity contribution in [3.05, 3.63) is 403 Å². The zero-order chi connectivity index (χ0) is 90.2. The highest BCUT2D eigenvalue weighted by molar-refractivity contribution is 7.25. The number of furan rings is 1. The number of aromatic nitrogens is 9. The number of hydrogen-bond donors (Lipinski definition) is 0. The van der Waals surface area contributed by atoms with Crippen LogP contribution in [-0.2, 0) is 32.5 Å². The molecular weight excluding hydrogens is 1630 g/mol. The van der Waals surface area contributed by atoms with Crippen molar-refractivity contribution in [1.29, 1.82) is 0 Å². The van der Waals surface area contributed by atoms with Crippen molar-refractivity contribution in [3.63, 3.8) is 0 Å². The Hall–Kier alpha value is -15.2. The first-order valence-electron chi connectivity index (χ1n) is 45.5. The molecule has 21 aromatic rings. The van der Waals surface area contributed by atoms with Gasteiger partial charge in [-0.2, -0.15) is 0 Å². The average Bonchev–Trinajstić information content (AvgIpc) is 1.69. The number of nitrogens with zero attached hydrogens (tertiary/aromatic N) is 9. The molecule has 5 heterocycles. The Balaban J connectivity index is 0.000000116. The molecule has 0 N–H and O–H groups in total. The van der Waals surface area contributed by atoms with Gasteiger partial charge in [0, 0.05) is 81.0 Å². The van der Waals surface area contributed by atoms with Crippen molar-refractivity contribution in [2.24, 2.45) is 0 Å². The zero-order valence-electron chi connectivity index (χ0n) is 76.1. The highest BCUT2D eigenvalue weighted by Crippen LogP contribution is 2.58. The molecule has 0 bridgehead atoms. The maximum absolute atomic E-state index is 6.21. The Labute approximate surface area is 774 Å². The standard InChI is InChI=1S/C43H35N3.C39H31N3O.C39H31N3S/c1-42(2)37-24-12-11-19-34(37)35-26-25-30(27-38(35)43(42,3)4)31-20-13-22-33-32(31)21-14-23-36(33)41-45-39(28-15-7-5-8-16-28)44-40(46-41)29-17-9-6-10-18-29;1-38(2)31-16-10-8-14-27(31)28-20-18-25(22-32(28)39(38,3)4)36-40-35(24-12-6-5-7-13-24)41-37(42-36)26-19-21-30-29-15-9-11-17-33(29)43-34(30)23-26;1-38(2)31-16-10-8-14-27(31)28-20-18-26(23-32(28)39(38,3)4)37-41-35(24-12-6-5-7-13-24)40-36(42-37)25-19-21-34-30(22-25)29-15-9-11-17-33(29)43-34/h5-27H,1-4H3;2*5-23H,1-4H3. The molecule has 10 nitrogen and oxygen atoms in total. The highest BCUT2D eigenvalue weighted by atomic mass is 32.1. The van der Waals surface area contributed by atoms with Gasteiger partial charge >= 0.3 is 0 Å². The quantitative estimate of drug-likeness (QED) is 0.130. The number of benzene rings is 16. The summed E-state index contributed by atoms with van der Waals surface area (Å²) in [5.74, 6) is 5.97. The van der Waals surface area contributed by atoms with E-state index in [9.17, 15) is 0 Å². The Morgan fingerprint density at radius 2 is 0.447 bits per heavy atom. The van der Waals surface area contributed by atoms with Crippen LogP contribution in [0.15, 0.2) is 374 Å². The molecule has 0 aliphatic heterocycles. The summed E-state index contributed by atoms with van der Waals surface area (Å²) in [6.45, 7) is 28.4. The van der Waals surface area contributed by atoms with Crippen molar-refractivity contribution >= 4 is 64.2 Å². The van der Waals surface area contributed by atoms with E-state index >= 15 is 0 Å². The molecule has 0 unspecified atom stereocenters. The van der Waals surface area contributed by atoms with Gasteiger partial charge in [-0.05, 0) is 182 Å². The van der Waals surface area contributed by atoms with Crippen molar-refractivity contribution in [1.82, 2.24) is 44.9 Å². The predicted octanol–water partition coefficient (Wildman–Crippen LogP) is 31.4. The van der Waals surface area contributed by atoms with Crippen molar-refractivity contribution < 1.29 is 4.42 Å². The van der Waals surface area contributed by atoms with Gasteiger partial charge < -0.3 is 4.42 Å². The van der Waals surface area contributed by atoms with E-state index in [4.69, 9.17) is 49.3 Å². The molecule has 0 spiro atoms. The largest absolute Gasteiger partial charge is 0.456 e. The second kappa shape index (κ2) is 31.9. The first-order chi connectivity index (χ1) is 63.9. The number of para-hydroxylation sites is 1. The van der Waals surface area contributed by atoms with E-state index < -0.39 is 0 Å². The maximum atomic E-state index is 6.21. The van der Waals surface area contributed by atoms with E-state index in [2.05, 4.69) is 320 Å². The Morgan fingerprint density at radius 1 is 0.167 bits per heavy atom. The topological polar surface area (TPSA) is 129 Å². The third-order valence-corrected chi connectivity index (χ3v) is 30.9. The van der Waals surface area contributed by atoms with E-state index in [1.807, 2.05) is 145 Å². The average molecular weight is 1730 g/mol. The van der Waals surface area contributed by atoms with Crippen molar-refractivity contribution in [3.8, 4) is 147 Å². The molecule has 3 aliphatic rings. The third-order valence-electron chi connectivity index (χ3n) is 29.7. The molecule has 24 rings (SSSR count). The van der Waals surface area contributed by atoms with Crippen LogP contribution in [0.25, 0.3) is 200 Å². The van der Waals surface area contributed by atoms with Crippen molar-refractivity contribution in [2.45, 2.75) is 116 Å². The van der Waals surface area contributed by atoms with Gasteiger partial charge in [-0.15, -0.1) is 11.3 Å². The van der Waals surface area contributed by atoms with Gasteiger partial charge in [0.15, 0.2) is 52.4 Å². The first kappa shape index (κ1) is 82.5. The molecule has 5 aromatic heterocycles. The Morgan fingerprint density at radius 3 is 0.894 bits per heavy atom. The minimum Gasteiger partial charge on any atom is -0.456 e. The summed E-state index contributed by atoms with van der Waals surface area (Å²) >= 11 is 1.82. The third kappa shape index (κ3) is 13.8. The lowest BCUT2D eigenvalue weighted by Crippen LogP contribution is -2.43. The first-order valence-corrected chi connectivity index (χ1v) is 46.4. The van der Waals surface area contributed by atoms with Gasteiger partial charge in [0.25, 0.3) is 0 Å². The van der Waals surface area contributed by atoms with Gasteiger partial charge in [-0.1, -0.05) is 392 Å². The summed E-state index contributed by atoms with van der Waals surface area (Å²) in [4.78, 5) is 45.3. The molecule has 638 valence electrons. The van der Waals surface area contributed by atoms with Crippen LogP contribution in [0.2, 0.25) is 0 Å². The van der Waals surface area contributed by atoms with Crippen LogP contribution < -0.4 is 0 Å². The van der Waals surface area contributed by atoms with Gasteiger partial charge in [0.05, 0.1) is 0 Å². The number of thiophene rings is 1. The van der Waals surface area contributed by atoms with Gasteiger partial charge in [-0.3, -0.25) is 0 Å². The molecule has 0 saturated heterocycles. The smallest absolute Gasteiger partial charge is 0.164 e. The molecule has 0 atom stereocenters. The molecule has 0 amide bonds. The minimum absolute atomic E-state index is 0.0211. The van der Waals surface area contributed by atoms with Crippen LogP contribution in [0.1, 0.15) is 116 Å². The Bertz CT molecular complexity index is 8090. The lowest BCUT2D eigenvalue weighted by atomic mass is 9.55. The molecule has 0 radical (unpaired) electrons. The van der Waals surface area contributed by atoms with Gasteiger partial charge in [0.2, 0.25) is 0 Å². The van der Waals surface area contributed by atoms with E-state index in [1.54, 1.807) is 0 Å². The summed E-state index contributed by atoms with van der Waals surface area (Å²) in [5.41, 5.74) is 28.5. The zero-order valence-corrected chi connectivity index (χ0v) is 76.9. The van der Waals surface area contributed by atoms with Crippen LogP contribution >= 0.6 is 11.3 Å². The Kier molecular flexibility index (Phi) is 19.9. The molecule has 0 fully saturated rings. The van der Waals surface area contributed by atoms with E-state index in [1.165, 1.54) is 103 Å². The fraction of sp³-hybridized carbons (Fsp3) is 0.149. The lowest BCUT2D eigenvalue weighted by Gasteiger charge is -2.48. The fourth-order valence-electron chi connectivity index (χ4n) is 20.3. The second-order valence-electron chi connectivity index (χ2n) is 38.4. The molecule has 3 aliphatic carbocycles. The summed E-state index contributed by atoms with van der Waals surface area (Å²) in [5, 5.41) is 6.98. The normalized spacial score (nSPS) is 14.7.